The Labute approximate surface area is 149 Å². The van der Waals surface area contributed by atoms with Crippen LogP contribution in [0.25, 0.3) is 0 Å². The Balaban J connectivity index is 0.00000441. The van der Waals surface area contributed by atoms with Crippen LogP contribution < -0.4 is 15.4 Å². The van der Waals surface area contributed by atoms with E-state index in [9.17, 15) is 0 Å². The molecule has 0 aliphatic heterocycles. The van der Waals surface area contributed by atoms with Crippen molar-refractivity contribution in [3.8, 4) is 18.2 Å². The molecule has 0 aliphatic rings. The number of ether oxygens (including phenoxy) is 2. The van der Waals surface area contributed by atoms with Gasteiger partial charge in [-0.15, -0.1) is 30.4 Å². The average Bonchev–Trinajstić information content (AvgIpc) is 2.51. The number of rotatable bonds is 8. The van der Waals surface area contributed by atoms with Gasteiger partial charge in [0.15, 0.2) is 5.96 Å². The summed E-state index contributed by atoms with van der Waals surface area (Å²) >= 11 is 0. The molecular formula is C15H23IN4O2. The van der Waals surface area contributed by atoms with Crippen LogP contribution >= 0.6 is 24.0 Å². The van der Waals surface area contributed by atoms with Crippen molar-refractivity contribution in [3.05, 3.63) is 23.9 Å². The molecule has 0 amide bonds. The van der Waals surface area contributed by atoms with Crippen LogP contribution in [0.2, 0.25) is 0 Å². The molecule has 0 fully saturated rings. The highest BCUT2D eigenvalue weighted by Crippen LogP contribution is 2.15. The van der Waals surface area contributed by atoms with Gasteiger partial charge in [0.2, 0.25) is 5.88 Å². The predicted molar refractivity (Wildman–Crippen MR) is 98.7 cm³/mol. The number of nitrogens with zero attached hydrogens (tertiary/aromatic N) is 2. The van der Waals surface area contributed by atoms with Gasteiger partial charge in [-0.05, 0) is 13.0 Å². The van der Waals surface area contributed by atoms with E-state index < -0.39 is 0 Å². The van der Waals surface area contributed by atoms with Crippen molar-refractivity contribution in [1.82, 2.24) is 15.6 Å². The van der Waals surface area contributed by atoms with Crippen LogP contribution in [0.4, 0.5) is 0 Å². The van der Waals surface area contributed by atoms with Crippen molar-refractivity contribution in [2.24, 2.45) is 4.99 Å². The van der Waals surface area contributed by atoms with Crippen LogP contribution in [0.5, 0.6) is 5.88 Å². The zero-order valence-corrected chi connectivity index (χ0v) is 15.3. The molecule has 0 bridgehead atoms. The smallest absolute Gasteiger partial charge is 0.218 e. The maximum atomic E-state index is 5.57. The molecule has 6 nitrogen and oxygen atoms in total. The van der Waals surface area contributed by atoms with Gasteiger partial charge in [0, 0.05) is 25.4 Å². The van der Waals surface area contributed by atoms with E-state index in [0.29, 0.717) is 38.1 Å². The third-order valence-electron chi connectivity index (χ3n) is 2.49. The largest absolute Gasteiger partial charge is 0.475 e. The number of nitrogens with one attached hydrogen (secondary N) is 2. The fraction of sp³-hybridized carbons (Fsp3) is 0.467. The van der Waals surface area contributed by atoms with E-state index in [1.54, 1.807) is 13.3 Å². The highest BCUT2D eigenvalue weighted by atomic mass is 127. The molecule has 0 radical (unpaired) electrons. The SMILES string of the molecule is C#CCNC(=NCc1cccnc1OCCOC)NCC.I. The first-order valence-electron chi connectivity index (χ1n) is 6.83. The number of methoxy groups -OCH3 is 1. The lowest BCUT2D eigenvalue weighted by Crippen LogP contribution is -2.37. The lowest BCUT2D eigenvalue weighted by molar-refractivity contribution is 0.143. The van der Waals surface area contributed by atoms with Gasteiger partial charge in [0.05, 0.1) is 19.7 Å². The summed E-state index contributed by atoms with van der Waals surface area (Å²) < 4.78 is 10.5. The molecule has 0 saturated carbocycles. The maximum Gasteiger partial charge on any atom is 0.218 e. The zero-order chi connectivity index (χ0) is 15.3. The number of aromatic nitrogens is 1. The van der Waals surface area contributed by atoms with Gasteiger partial charge >= 0.3 is 0 Å². The van der Waals surface area contributed by atoms with Gasteiger partial charge in [-0.2, -0.15) is 0 Å². The standard InChI is InChI=1S/C15H22N4O2.HI/c1-4-8-18-15(16-5-2)19-12-13-7-6-9-17-14(13)21-11-10-20-3;/h1,6-7,9H,5,8,10-12H2,2-3H3,(H2,16,18,19);1H. The second-order valence-corrected chi connectivity index (χ2v) is 4.06. The van der Waals surface area contributed by atoms with Crippen LogP contribution in [-0.4, -0.2) is 44.4 Å². The van der Waals surface area contributed by atoms with E-state index in [1.165, 1.54) is 0 Å². The van der Waals surface area contributed by atoms with Crippen LogP contribution in [-0.2, 0) is 11.3 Å². The fourth-order valence-corrected chi connectivity index (χ4v) is 1.54. The Morgan fingerprint density at radius 2 is 2.23 bits per heavy atom. The Kier molecular flexibility index (Phi) is 12.2. The summed E-state index contributed by atoms with van der Waals surface area (Å²) in [5, 5.41) is 6.16. The van der Waals surface area contributed by atoms with Crippen molar-refractivity contribution in [1.29, 1.82) is 0 Å². The van der Waals surface area contributed by atoms with E-state index in [-0.39, 0.29) is 24.0 Å². The molecule has 0 spiro atoms. The summed E-state index contributed by atoms with van der Waals surface area (Å²) in [4.78, 5) is 8.67. The van der Waals surface area contributed by atoms with E-state index in [0.717, 1.165) is 12.1 Å². The lowest BCUT2D eigenvalue weighted by atomic mass is 10.3. The van der Waals surface area contributed by atoms with Crippen molar-refractivity contribution < 1.29 is 9.47 Å². The molecule has 0 unspecified atom stereocenters. The minimum atomic E-state index is 0. The first-order chi connectivity index (χ1) is 10.3. The van der Waals surface area contributed by atoms with Gasteiger partial charge in [-0.3, -0.25) is 0 Å². The van der Waals surface area contributed by atoms with E-state index in [2.05, 4.69) is 26.5 Å². The zero-order valence-electron chi connectivity index (χ0n) is 13.0. The van der Waals surface area contributed by atoms with Crippen LogP contribution in [0.1, 0.15) is 12.5 Å². The van der Waals surface area contributed by atoms with Gasteiger partial charge in [0.1, 0.15) is 6.61 Å². The summed E-state index contributed by atoms with van der Waals surface area (Å²) in [6, 6.07) is 3.79. The molecule has 1 aromatic heterocycles. The predicted octanol–water partition coefficient (Wildman–Crippen LogP) is 1.41. The Morgan fingerprint density at radius 1 is 1.41 bits per heavy atom. The molecule has 2 N–H and O–H groups in total. The quantitative estimate of drug-likeness (QED) is 0.220. The summed E-state index contributed by atoms with van der Waals surface area (Å²) in [6.07, 6.45) is 6.93. The number of aliphatic imine (C=N–C) groups is 1. The first kappa shape index (κ1) is 20.5. The van der Waals surface area contributed by atoms with Crippen molar-refractivity contribution in [3.63, 3.8) is 0 Å². The highest BCUT2D eigenvalue weighted by molar-refractivity contribution is 14.0. The van der Waals surface area contributed by atoms with E-state index in [1.807, 2.05) is 19.1 Å². The number of hydrogen-bond donors (Lipinski definition) is 2. The number of halogens is 1. The van der Waals surface area contributed by atoms with E-state index in [4.69, 9.17) is 15.9 Å². The molecule has 0 saturated heterocycles. The van der Waals surface area contributed by atoms with Gasteiger partial charge in [-0.1, -0.05) is 12.0 Å². The Bertz CT molecular complexity index is 489. The number of pyridine rings is 1. The Hall–Kier alpha value is -1.53. The third-order valence-corrected chi connectivity index (χ3v) is 2.49. The first-order valence-corrected chi connectivity index (χ1v) is 6.83. The fourth-order valence-electron chi connectivity index (χ4n) is 1.54. The second-order valence-electron chi connectivity index (χ2n) is 4.06. The van der Waals surface area contributed by atoms with Crippen LogP contribution in [0.15, 0.2) is 23.3 Å². The minimum Gasteiger partial charge on any atom is -0.475 e. The van der Waals surface area contributed by atoms with Gasteiger partial charge in [-0.25, -0.2) is 9.98 Å². The number of hydrogen-bond acceptors (Lipinski definition) is 4. The Morgan fingerprint density at radius 3 is 2.91 bits per heavy atom. The maximum absolute atomic E-state index is 5.57. The van der Waals surface area contributed by atoms with Gasteiger partial charge < -0.3 is 20.1 Å². The van der Waals surface area contributed by atoms with Crippen molar-refractivity contribution >= 4 is 29.9 Å². The molecule has 0 aliphatic carbocycles. The number of terminal acetylenes is 1. The summed E-state index contributed by atoms with van der Waals surface area (Å²) in [6.45, 7) is 4.62. The molecule has 22 heavy (non-hydrogen) atoms. The van der Waals surface area contributed by atoms with Gasteiger partial charge in [0.25, 0.3) is 0 Å². The summed E-state index contributed by atoms with van der Waals surface area (Å²) in [5.74, 6) is 3.76. The molecule has 0 aromatic carbocycles. The topological polar surface area (TPSA) is 67.8 Å². The average molecular weight is 418 g/mol. The van der Waals surface area contributed by atoms with Crippen LogP contribution in [0.3, 0.4) is 0 Å². The number of guanidine groups is 1. The molecule has 1 aromatic rings. The molecule has 122 valence electrons. The second kappa shape index (κ2) is 13.2. The monoisotopic (exact) mass is 418 g/mol. The molecule has 7 heteroatoms. The minimum absolute atomic E-state index is 0. The van der Waals surface area contributed by atoms with Crippen molar-refractivity contribution in [2.45, 2.75) is 13.5 Å². The van der Waals surface area contributed by atoms with Crippen molar-refractivity contribution in [2.75, 3.05) is 33.4 Å². The lowest BCUT2D eigenvalue weighted by Gasteiger charge is -2.11. The molecule has 0 atom stereocenters. The third kappa shape index (κ3) is 8.05. The molecule has 1 rings (SSSR count). The summed E-state index contributed by atoms with van der Waals surface area (Å²) in [7, 11) is 1.63. The van der Waals surface area contributed by atoms with E-state index >= 15 is 0 Å². The summed E-state index contributed by atoms with van der Waals surface area (Å²) in [5.41, 5.74) is 0.909. The van der Waals surface area contributed by atoms with Crippen LogP contribution in [0, 0.1) is 12.3 Å². The highest BCUT2D eigenvalue weighted by Gasteiger charge is 2.04. The normalized spacial score (nSPS) is 10.3. The molecule has 1 heterocycles. The molecular weight excluding hydrogens is 395 g/mol.